The van der Waals surface area contributed by atoms with Crippen LogP contribution in [0, 0.1) is 5.82 Å². The van der Waals surface area contributed by atoms with Crippen molar-refractivity contribution in [3.05, 3.63) is 42.5 Å². The molecular weight excluding hydrogens is 377 g/mol. The number of benzene rings is 1. The first-order chi connectivity index (χ1) is 12.4. The van der Waals surface area contributed by atoms with Gasteiger partial charge in [0, 0.05) is 37.4 Å². The van der Waals surface area contributed by atoms with Crippen molar-refractivity contribution in [2.75, 3.05) is 18.8 Å². The number of rotatable bonds is 5. The third-order valence-electron chi connectivity index (χ3n) is 4.44. The van der Waals surface area contributed by atoms with E-state index in [9.17, 15) is 17.6 Å². The van der Waals surface area contributed by atoms with E-state index >= 15 is 0 Å². The van der Waals surface area contributed by atoms with Gasteiger partial charge in [0.25, 0.3) is 0 Å². The van der Waals surface area contributed by atoms with Gasteiger partial charge in [-0.1, -0.05) is 0 Å². The van der Waals surface area contributed by atoms with E-state index in [2.05, 4.69) is 4.98 Å². The van der Waals surface area contributed by atoms with Crippen molar-refractivity contribution in [2.45, 2.75) is 28.1 Å². The summed E-state index contributed by atoms with van der Waals surface area (Å²) in [5, 5.41) is -0.438. The monoisotopic (exact) mass is 397 g/mol. The highest BCUT2D eigenvalue weighted by Gasteiger charge is 2.34. The number of sulfone groups is 1. The number of aryl methyl sites for hydroxylation is 1. The molecule has 0 aliphatic carbocycles. The van der Waals surface area contributed by atoms with Crippen molar-refractivity contribution >= 4 is 27.5 Å². The summed E-state index contributed by atoms with van der Waals surface area (Å²) >= 11 is 1.35. The molecule has 0 unspecified atom stereocenters. The van der Waals surface area contributed by atoms with Crippen molar-refractivity contribution in [1.29, 1.82) is 0 Å². The first-order valence-corrected chi connectivity index (χ1v) is 10.8. The van der Waals surface area contributed by atoms with Crippen LogP contribution in [0.5, 0.6) is 0 Å². The number of nitrogens with zero attached hydrogens (tertiary/aromatic N) is 3. The highest BCUT2D eigenvalue weighted by atomic mass is 32.2. The Morgan fingerprint density at radius 1 is 1.27 bits per heavy atom. The van der Waals surface area contributed by atoms with E-state index in [1.54, 1.807) is 30.3 Å². The van der Waals surface area contributed by atoms with Crippen molar-refractivity contribution in [3.63, 3.8) is 0 Å². The Kier molecular flexibility index (Phi) is 5.67. The molecule has 1 fully saturated rings. The number of hydrogen-bond donors (Lipinski definition) is 0. The number of aromatic nitrogens is 2. The van der Waals surface area contributed by atoms with Crippen LogP contribution >= 0.6 is 11.8 Å². The zero-order valence-corrected chi connectivity index (χ0v) is 16.0. The summed E-state index contributed by atoms with van der Waals surface area (Å²) in [5.74, 6) is -0.0913. The number of thioether (sulfide) groups is 1. The summed E-state index contributed by atoms with van der Waals surface area (Å²) < 4.78 is 39.7. The molecule has 140 valence electrons. The van der Waals surface area contributed by atoms with Crippen molar-refractivity contribution in [2.24, 2.45) is 7.05 Å². The van der Waals surface area contributed by atoms with Crippen LogP contribution in [0.25, 0.3) is 0 Å². The SMILES string of the molecule is Cn1ccnc1S(=O)(=O)C1CCN(C(=O)CSc2ccc(F)cc2)CC1. The van der Waals surface area contributed by atoms with Gasteiger partial charge in [-0.15, -0.1) is 11.8 Å². The van der Waals surface area contributed by atoms with E-state index < -0.39 is 15.1 Å². The largest absolute Gasteiger partial charge is 0.342 e. The van der Waals surface area contributed by atoms with E-state index in [0.29, 0.717) is 25.9 Å². The summed E-state index contributed by atoms with van der Waals surface area (Å²) in [6.07, 6.45) is 3.89. The molecule has 0 spiro atoms. The fraction of sp³-hybridized carbons (Fsp3) is 0.412. The lowest BCUT2D eigenvalue weighted by atomic mass is 10.1. The molecule has 6 nitrogen and oxygen atoms in total. The predicted molar refractivity (Wildman–Crippen MR) is 97.1 cm³/mol. The van der Waals surface area contributed by atoms with Gasteiger partial charge in [-0.2, -0.15) is 0 Å². The molecule has 1 amide bonds. The van der Waals surface area contributed by atoms with Gasteiger partial charge in [0.05, 0.1) is 11.0 Å². The van der Waals surface area contributed by atoms with Crippen molar-refractivity contribution in [1.82, 2.24) is 14.5 Å². The van der Waals surface area contributed by atoms with Gasteiger partial charge < -0.3 is 9.47 Å². The number of amides is 1. The molecule has 1 aliphatic heterocycles. The molecule has 0 saturated carbocycles. The topological polar surface area (TPSA) is 72.3 Å². The highest BCUT2D eigenvalue weighted by molar-refractivity contribution is 8.00. The van der Waals surface area contributed by atoms with Gasteiger partial charge >= 0.3 is 0 Å². The number of carbonyl (C=O) groups is 1. The van der Waals surface area contributed by atoms with E-state index in [4.69, 9.17) is 0 Å². The zero-order chi connectivity index (χ0) is 18.7. The lowest BCUT2D eigenvalue weighted by Gasteiger charge is -2.31. The third-order valence-corrected chi connectivity index (χ3v) is 7.69. The minimum atomic E-state index is -3.48. The molecule has 0 atom stereocenters. The average Bonchev–Trinajstić information content (AvgIpc) is 3.08. The number of hydrogen-bond acceptors (Lipinski definition) is 5. The Morgan fingerprint density at radius 2 is 1.92 bits per heavy atom. The van der Waals surface area contributed by atoms with Crippen LogP contribution in [-0.2, 0) is 21.7 Å². The average molecular weight is 397 g/mol. The summed E-state index contributed by atoms with van der Waals surface area (Å²) in [6, 6.07) is 6.00. The Morgan fingerprint density at radius 3 is 2.50 bits per heavy atom. The second kappa shape index (κ2) is 7.79. The van der Waals surface area contributed by atoms with Gasteiger partial charge in [0.2, 0.25) is 20.9 Å². The maximum Gasteiger partial charge on any atom is 0.232 e. The molecule has 1 aliphatic rings. The molecule has 1 aromatic heterocycles. The Bertz CT molecular complexity index is 873. The Hall–Kier alpha value is -1.87. The fourth-order valence-corrected chi connectivity index (χ4v) is 5.56. The van der Waals surface area contributed by atoms with E-state index in [1.807, 2.05) is 0 Å². The zero-order valence-electron chi connectivity index (χ0n) is 14.3. The van der Waals surface area contributed by atoms with E-state index in [0.717, 1.165) is 4.90 Å². The van der Waals surface area contributed by atoms with Gasteiger partial charge in [-0.25, -0.2) is 17.8 Å². The van der Waals surface area contributed by atoms with Crippen LogP contribution in [-0.4, -0.2) is 52.9 Å². The normalized spacial score (nSPS) is 16.0. The Balaban J connectivity index is 1.54. The number of carbonyl (C=O) groups excluding carboxylic acids is 1. The van der Waals surface area contributed by atoms with E-state index in [1.165, 1.54) is 34.7 Å². The van der Waals surface area contributed by atoms with Gasteiger partial charge in [0.1, 0.15) is 5.82 Å². The lowest BCUT2D eigenvalue weighted by molar-refractivity contribution is -0.129. The second-order valence-corrected chi connectivity index (χ2v) is 9.36. The fourth-order valence-electron chi connectivity index (χ4n) is 2.96. The highest BCUT2D eigenvalue weighted by Crippen LogP contribution is 2.25. The summed E-state index contributed by atoms with van der Waals surface area (Å²) in [6.45, 7) is 0.828. The summed E-state index contributed by atoms with van der Waals surface area (Å²) in [5.41, 5.74) is 0. The first kappa shape index (κ1) is 18.9. The lowest BCUT2D eigenvalue weighted by Crippen LogP contribution is -2.43. The van der Waals surface area contributed by atoms with Gasteiger partial charge in [-0.05, 0) is 37.1 Å². The quantitative estimate of drug-likeness (QED) is 0.723. The summed E-state index contributed by atoms with van der Waals surface area (Å²) in [7, 11) is -1.83. The minimum absolute atomic E-state index is 0.0350. The smallest absolute Gasteiger partial charge is 0.232 e. The molecule has 3 rings (SSSR count). The molecule has 1 aromatic carbocycles. The maximum atomic E-state index is 12.9. The number of imidazole rings is 1. The van der Waals surface area contributed by atoms with Crippen LogP contribution in [0.1, 0.15) is 12.8 Å². The van der Waals surface area contributed by atoms with Crippen LogP contribution in [0.2, 0.25) is 0 Å². The molecule has 0 N–H and O–H groups in total. The molecule has 26 heavy (non-hydrogen) atoms. The van der Waals surface area contributed by atoms with Gasteiger partial charge in [-0.3, -0.25) is 4.79 Å². The number of likely N-dealkylation sites (tertiary alicyclic amines) is 1. The molecule has 2 heterocycles. The molecule has 0 radical (unpaired) electrons. The second-order valence-electron chi connectivity index (χ2n) is 6.19. The van der Waals surface area contributed by atoms with Crippen LogP contribution in [0.15, 0.2) is 46.7 Å². The number of piperidine rings is 1. The predicted octanol–water partition coefficient (Wildman–Crippen LogP) is 2.12. The molecule has 2 aromatic rings. The summed E-state index contributed by atoms with van der Waals surface area (Å²) in [4.78, 5) is 18.8. The minimum Gasteiger partial charge on any atom is -0.342 e. The van der Waals surface area contributed by atoms with E-state index in [-0.39, 0.29) is 22.6 Å². The molecular formula is C17H20FN3O3S2. The Labute approximate surface area is 156 Å². The van der Waals surface area contributed by atoms with Crippen molar-refractivity contribution < 1.29 is 17.6 Å². The molecule has 9 heteroatoms. The van der Waals surface area contributed by atoms with Crippen LogP contribution in [0.3, 0.4) is 0 Å². The first-order valence-electron chi connectivity index (χ1n) is 8.25. The van der Waals surface area contributed by atoms with Crippen LogP contribution < -0.4 is 0 Å². The standard InChI is InChI=1S/C17H20FN3O3S2/c1-20-11-8-19-17(20)26(23,24)15-6-9-21(10-7-15)16(22)12-25-14-4-2-13(18)3-5-14/h2-5,8,11,15H,6-7,9-10,12H2,1H3. The number of halogens is 1. The van der Waals surface area contributed by atoms with Gasteiger partial charge in [0.15, 0.2) is 0 Å². The van der Waals surface area contributed by atoms with Crippen molar-refractivity contribution in [3.8, 4) is 0 Å². The molecule has 0 bridgehead atoms. The third kappa shape index (κ3) is 4.09. The maximum absolute atomic E-state index is 12.9. The van der Waals surface area contributed by atoms with Crippen LogP contribution in [0.4, 0.5) is 4.39 Å². The molecule has 1 saturated heterocycles.